The van der Waals surface area contributed by atoms with Gasteiger partial charge in [-0.15, -0.1) is 21.5 Å². The molecule has 0 aliphatic carbocycles. The van der Waals surface area contributed by atoms with Gasteiger partial charge in [-0.25, -0.2) is 0 Å². The van der Waals surface area contributed by atoms with Gasteiger partial charge in [0.1, 0.15) is 0 Å². The van der Waals surface area contributed by atoms with Crippen LogP contribution in [0.2, 0.25) is 0 Å². The van der Waals surface area contributed by atoms with Crippen molar-refractivity contribution in [3.05, 3.63) is 51.2 Å². The summed E-state index contributed by atoms with van der Waals surface area (Å²) in [6.45, 7) is 1.40. The molecule has 3 aromatic heterocycles. The van der Waals surface area contributed by atoms with Crippen LogP contribution in [-0.2, 0) is 4.79 Å². The third kappa shape index (κ3) is 3.72. The molecule has 5 nitrogen and oxygen atoms in total. The number of rotatable bonds is 4. The average molecular weight is 371 g/mol. The normalized spacial score (nSPS) is 18.1. The highest BCUT2D eigenvalue weighted by Crippen LogP contribution is 2.29. The molecule has 4 rings (SSSR count). The average Bonchev–Trinajstić information content (AvgIpc) is 3.41. The molecular formula is C18H17N3O2S2. The monoisotopic (exact) mass is 371 g/mol. The first-order valence-corrected chi connectivity index (χ1v) is 9.98. The van der Waals surface area contributed by atoms with E-state index in [0.717, 1.165) is 29.8 Å². The number of carbonyl (C=O) groups excluding carboxylic acids is 1. The molecule has 0 spiro atoms. The number of piperidine rings is 1. The van der Waals surface area contributed by atoms with E-state index in [0.29, 0.717) is 18.3 Å². The molecule has 0 aromatic carbocycles. The van der Waals surface area contributed by atoms with Gasteiger partial charge in [0.05, 0.1) is 5.92 Å². The van der Waals surface area contributed by atoms with Gasteiger partial charge in [-0.3, -0.25) is 4.79 Å². The van der Waals surface area contributed by atoms with Gasteiger partial charge in [0.2, 0.25) is 17.7 Å². The number of carbonyl (C=O) groups is 1. The van der Waals surface area contributed by atoms with Crippen molar-refractivity contribution in [3.63, 3.8) is 0 Å². The molecule has 3 aromatic rings. The molecule has 25 heavy (non-hydrogen) atoms. The van der Waals surface area contributed by atoms with E-state index in [1.807, 2.05) is 45.3 Å². The van der Waals surface area contributed by atoms with E-state index in [1.165, 1.54) is 0 Å². The number of likely N-dealkylation sites (tertiary alicyclic amines) is 1. The summed E-state index contributed by atoms with van der Waals surface area (Å²) in [6, 6.07) is 5.94. The summed E-state index contributed by atoms with van der Waals surface area (Å²) in [5.74, 6) is 1.32. The predicted molar refractivity (Wildman–Crippen MR) is 99.5 cm³/mol. The minimum atomic E-state index is 0.0377. The molecule has 1 atom stereocenters. The van der Waals surface area contributed by atoms with Crippen LogP contribution in [0.3, 0.4) is 0 Å². The second kappa shape index (κ2) is 7.33. The molecule has 0 radical (unpaired) electrons. The molecule has 0 N–H and O–H groups in total. The molecule has 1 aliphatic rings. The van der Waals surface area contributed by atoms with Crippen LogP contribution in [0.1, 0.15) is 29.5 Å². The minimum absolute atomic E-state index is 0.0377. The SMILES string of the molecule is O=C(/C=C/c1cccs1)N1CCCC(c2nnc(-c3ccsc3)o2)C1. The number of aromatic nitrogens is 2. The maximum atomic E-state index is 12.4. The van der Waals surface area contributed by atoms with Crippen LogP contribution in [0.15, 0.2) is 44.8 Å². The molecule has 1 fully saturated rings. The summed E-state index contributed by atoms with van der Waals surface area (Å²) in [4.78, 5) is 15.4. The summed E-state index contributed by atoms with van der Waals surface area (Å²) in [6.07, 6.45) is 5.43. The van der Waals surface area contributed by atoms with Gasteiger partial charge in [-0.1, -0.05) is 6.07 Å². The van der Waals surface area contributed by atoms with E-state index < -0.39 is 0 Å². The van der Waals surface area contributed by atoms with Crippen molar-refractivity contribution in [2.24, 2.45) is 0 Å². The Morgan fingerprint density at radius 1 is 1.32 bits per heavy atom. The maximum absolute atomic E-state index is 12.4. The molecule has 0 saturated carbocycles. The number of nitrogens with zero attached hydrogens (tertiary/aromatic N) is 3. The Hall–Kier alpha value is -2.25. The van der Waals surface area contributed by atoms with Crippen LogP contribution in [-0.4, -0.2) is 34.1 Å². The number of hydrogen-bond acceptors (Lipinski definition) is 6. The van der Waals surface area contributed by atoms with Crippen LogP contribution in [0.4, 0.5) is 0 Å². The lowest BCUT2D eigenvalue weighted by molar-refractivity contribution is -0.127. The lowest BCUT2D eigenvalue weighted by Crippen LogP contribution is -2.38. The third-order valence-corrected chi connectivity index (χ3v) is 5.75. The summed E-state index contributed by atoms with van der Waals surface area (Å²) in [7, 11) is 0. The van der Waals surface area contributed by atoms with E-state index >= 15 is 0 Å². The van der Waals surface area contributed by atoms with E-state index in [4.69, 9.17) is 4.42 Å². The predicted octanol–water partition coefficient (Wildman–Crippen LogP) is 4.28. The van der Waals surface area contributed by atoms with Crippen molar-refractivity contribution in [1.82, 2.24) is 15.1 Å². The molecule has 7 heteroatoms. The van der Waals surface area contributed by atoms with Crippen molar-refractivity contribution >= 4 is 34.7 Å². The Kier molecular flexibility index (Phi) is 4.76. The summed E-state index contributed by atoms with van der Waals surface area (Å²) in [5, 5.41) is 14.3. The Bertz CT molecular complexity index is 853. The summed E-state index contributed by atoms with van der Waals surface area (Å²) >= 11 is 3.22. The van der Waals surface area contributed by atoms with Crippen molar-refractivity contribution in [2.75, 3.05) is 13.1 Å². The summed E-state index contributed by atoms with van der Waals surface area (Å²) < 4.78 is 5.84. The molecule has 1 saturated heterocycles. The molecule has 1 unspecified atom stereocenters. The molecule has 4 heterocycles. The first-order chi connectivity index (χ1) is 12.3. The zero-order valence-electron chi connectivity index (χ0n) is 13.5. The highest BCUT2D eigenvalue weighted by atomic mass is 32.1. The van der Waals surface area contributed by atoms with Crippen LogP contribution in [0.25, 0.3) is 17.5 Å². The Balaban J connectivity index is 1.43. The smallest absolute Gasteiger partial charge is 0.248 e. The van der Waals surface area contributed by atoms with Gasteiger partial charge in [0, 0.05) is 35.0 Å². The van der Waals surface area contributed by atoms with Crippen LogP contribution < -0.4 is 0 Å². The lowest BCUT2D eigenvalue weighted by atomic mass is 9.98. The zero-order valence-corrected chi connectivity index (χ0v) is 15.1. The molecular weight excluding hydrogens is 354 g/mol. The first kappa shape index (κ1) is 16.2. The fourth-order valence-electron chi connectivity index (χ4n) is 2.93. The largest absolute Gasteiger partial charge is 0.420 e. The van der Waals surface area contributed by atoms with Gasteiger partial charge in [0.25, 0.3) is 0 Å². The summed E-state index contributed by atoms with van der Waals surface area (Å²) in [5.41, 5.74) is 0.950. The van der Waals surface area contributed by atoms with E-state index in [9.17, 15) is 4.79 Å². The molecule has 0 bridgehead atoms. The van der Waals surface area contributed by atoms with E-state index in [-0.39, 0.29) is 11.8 Å². The highest BCUT2D eigenvalue weighted by Gasteiger charge is 2.27. The van der Waals surface area contributed by atoms with Crippen molar-refractivity contribution < 1.29 is 9.21 Å². The van der Waals surface area contributed by atoms with Gasteiger partial charge in [-0.2, -0.15) is 11.3 Å². The fraction of sp³-hybridized carbons (Fsp3) is 0.278. The maximum Gasteiger partial charge on any atom is 0.248 e. The van der Waals surface area contributed by atoms with Gasteiger partial charge in [-0.05, 0) is 41.8 Å². The Morgan fingerprint density at radius 3 is 3.08 bits per heavy atom. The first-order valence-electron chi connectivity index (χ1n) is 8.16. The van der Waals surface area contributed by atoms with Crippen molar-refractivity contribution in [1.29, 1.82) is 0 Å². The number of thiophene rings is 2. The van der Waals surface area contributed by atoms with Gasteiger partial charge >= 0.3 is 0 Å². The third-order valence-electron chi connectivity index (χ3n) is 4.22. The molecule has 128 valence electrons. The Labute approximate surface area is 153 Å². The highest BCUT2D eigenvalue weighted by molar-refractivity contribution is 7.10. The van der Waals surface area contributed by atoms with Crippen LogP contribution >= 0.6 is 22.7 Å². The second-order valence-electron chi connectivity index (χ2n) is 5.93. The van der Waals surface area contributed by atoms with Crippen LogP contribution in [0.5, 0.6) is 0 Å². The van der Waals surface area contributed by atoms with Crippen molar-refractivity contribution in [3.8, 4) is 11.5 Å². The molecule has 1 amide bonds. The quantitative estimate of drug-likeness (QED) is 0.642. The number of amides is 1. The number of hydrogen-bond donors (Lipinski definition) is 0. The van der Waals surface area contributed by atoms with Gasteiger partial charge in [0.15, 0.2) is 0 Å². The zero-order chi connectivity index (χ0) is 17.1. The second-order valence-corrected chi connectivity index (χ2v) is 7.69. The standard InChI is InChI=1S/C18H17N3O2S2/c22-16(6-5-15-4-2-9-25-15)21-8-1-3-13(11-21)17-19-20-18(23-17)14-7-10-24-12-14/h2,4-7,9-10,12-13H,1,3,8,11H2/b6-5+. The van der Waals surface area contributed by atoms with E-state index in [1.54, 1.807) is 28.7 Å². The van der Waals surface area contributed by atoms with Crippen LogP contribution in [0, 0.1) is 0 Å². The van der Waals surface area contributed by atoms with Crippen molar-refractivity contribution in [2.45, 2.75) is 18.8 Å². The molecule has 1 aliphatic heterocycles. The minimum Gasteiger partial charge on any atom is -0.420 e. The Morgan fingerprint density at radius 2 is 2.28 bits per heavy atom. The van der Waals surface area contributed by atoms with Gasteiger partial charge < -0.3 is 9.32 Å². The topological polar surface area (TPSA) is 59.2 Å². The lowest BCUT2D eigenvalue weighted by Gasteiger charge is -2.30. The fourth-order valence-corrected chi connectivity index (χ4v) is 4.17. The van der Waals surface area contributed by atoms with E-state index in [2.05, 4.69) is 10.2 Å².